The Hall–Kier alpha value is -1.36. The van der Waals surface area contributed by atoms with E-state index < -0.39 is 17.5 Å². The maximum absolute atomic E-state index is 12.6. The van der Waals surface area contributed by atoms with Crippen LogP contribution in [0.15, 0.2) is 12.1 Å². The average molecular weight is 203 g/mol. The number of benzene rings is 1. The van der Waals surface area contributed by atoms with Gasteiger partial charge in [0.2, 0.25) is 0 Å². The zero-order valence-corrected chi connectivity index (χ0v) is 7.19. The molecule has 0 fully saturated rings. The molecule has 0 saturated heterocycles. The summed E-state index contributed by atoms with van der Waals surface area (Å²) in [6.07, 6.45) is -0.190. The number of carbonyl (C=O) groups is 1. The number of halogens is 3. The van der Waals surface area contributed by atoms with Crippen molar-refractivity contribution in [3.05, 3.63) is 35.1 Å². The van der Waals surface area contributed by atoms with Gasteiger partial charge in [-0.15, -0.1) is 0 Å². The lowest BCUT2D eigenvalue weighted by atomic mass is 10.1. The second-order valence-electron chi connectivity index (χ2n) is 2.79. The zero-order chi connectivity index (χ0) is 10.7. The van der Waals surface area contributed by atoms with Crippen molar-refractivity contribution in [1.82, 2.24) is 0 Å². The van der Waals surface area contributed by atoms with Crippen LogP contribution in [0, 0.1) is 17.5 Å². The van der Waals surface area contributed by atoms with Gasteiger partial charge in [-0.25, -0.2) is 13.2 Å². The van der Waals surface area contributed by atoms with Crippen LogP contribution in [0.4, 0.5) is 13.2 Å². The third kappa shape index (κ3) is 2.32. The SMILES string of the molecule is NCC(=O)Cc1cc(F)c(F)c(F)c1. The van der Waals surface area contributed by atoms with E-state index in [9.17, 15) is 18.0 Å². The van der Waals surface area contributed by atoms with Crippen molar-refractivity contribution in [3.63, 3.8) is 0 Å². The van der Waals surface area contributed by atoms with Crippen molar-refractivity contribution in [2.24, 2.45) is 5.73 Å². The molecular weight excluding hydrogens is 195 g/mol. The van der Waals surface area contributed by atoms with Crippen molar-refractivity contribution in [1.29, 1.82) is 0 Å². The molecule has 0 heterocycles. The molecule has 5 heteroatoms. The zero-order valence-electron chi connectivity index (χ0n) is 7.19. The molecule has 1 aromatic rings. The number of rotatable bonds is 3. The predicted octanol–water partition coefficient (Wildman–Crippen LogP) is 1.17. The minimum Gasteiger partial charge on any atom is -0.324 e. The first-order chi connectivity index (χ1) is 6.54. The van der Waals surface area contributed by atoms with Gasteiger partial charge in [0.05, 0.1) is 6.54 Å². The lowest BCUT2D eigenvalue weighted by Crippen LogP contribution is -2.16. The van der Waals surface area contributed by atoms with Crippen LogP contribution >= 0.6 is 0 Å². The van der Waals surface area contributed by atoms with Gasteiger partial charge in [0.1, 0.15) is 0 Å². The van der Waals surface area contributed by atoms with Gasteiger partial charge < -0.3 is 5.73 Å². The van der Waals surface area contributed by atoms with Crippen LogP contribution in [0.3, 0.4) is 0 Å². The van der Waals surface area contributed by atoms with Crippen LogP contribution in [0.25, 0.3) is 0 Å². The summed E-state index contributed by atoms with van der Waals surface area (Å²) in [5.41, 5.74) is 5.10. The fraction of sp³-hybridized carbons (Fsp3) is 0.222. The molecule has 0 atom stereocenters. The largest absolute Gasteiger partial charge is 0.324 e. The van der Waals surface area contributed by atoms with E-state index in [-0.39, 0.29) is 24.3 Å². The summed E-state index contributed by atoms with van der Waals surface area (Å²) in [5.74, 6) is -4.50. The minimum absolute atomic E-state index is 0.0804. The Bertz CT molecular complexity index is 342. The number of nitrogens with two attached hydrogens (primary N) is 1. The molecule has 1 rings (SSSR count). The highest BCUT2D eigenvalue weighted by Gasteiger charge is 2.11. The molecule has 0 unspecified atom stereocenters. The molecule has 14 heavy (non-hydrogen) atoms. The minimum atomic E-state index is -1.53. The summed E-state index contributed by atoms with van der Waals surface area (Å²) < 4.78 is 37.7. The number of hydrogen-bond acceptors (Lipinski definition) is 2. The van der Waals surface area contributed by atoms with Crippen LogP contribution in [-0.4, -0.2) is 12.3 Å². The molecule has 0 amide bonds. The lowest BCUT2D eigenvalue weighted by molar-refractivity contribution is -0.117. The molecule has 2 nitrogen and oxygen atoms in total. The molecule has 0 aliphatic heterocycles. The summed E-state index contributed by atoms with van der Waals surface area (Å²) in [7, 11) is 0. The number of hydrogen-bond donors (Lipinski definition) is 1. The second kappa shape index (κ2) is 4.23. The monoisotopic (exact) mass is 203 g/mol. The molecule has 1 aromatic carbocycles. The van der Waals surface area contributed by atoms with Gasteiger partial charge >= 0.3 is 0 Å². The molecule has 0 aliphatic rings. The fourth-order valence-corrected chi connectivity index (χ4v) is 1.01. The fourth-order valence-electron chi connectivity index (χ4n) is 1.01. The normalized spacial score (nSPS) is 10.3. The highest BCUT2D eigenvalue weighted by Crippen LogP contribution is 2.13. The topological polar surface area (TPSA) is 43.1 Å². The van der Waals surface area contributed by atoms with Gasteiger partial charge in [0, 0.05) is 6.42 Å². The van der Waals surface area contributed by atoms with Gasteiger partial charge in [-0.1, -0.05) is 0 Å². The Balaban J connectivity index is 2.95. The van der Waals surface area contributed by atoms with E-state index in [0.717, 1.165) is 12.1 Å². The smallest absolute Gasteiger partial charge is 0.194 e. The molecule has 0 radical (unpaired) electrons. The molecule has 2 N–H and O–H groups in total. The summed E-state index contributed by atoms with van der Waals surface area (Å²) >= 11 is 0. The van der Waals surface area contributed by atoms with Crippen LogP contribution in [0.2, 0.25) is 0 Å². The van der Waals surface area contributed by atoms with Gasteiger partial charge in [-0.2, -0.15) is 0 Å². The maximum Gasteiger partial charge on any atom is 0.194 e. The van der Waals surface area contributed by atoms with Gasteiger partial charge in [-0.05, 0) is 17.7 Å². The van der Waals surface area contributed by atoms with Crippen LogP contribution in [-0.2, 0) is 11.2 Å². The van der Waals surface area contributed by atoms with E-state index in [2.05, 4.69) is 0 Å². The lowest BCUT2D eigenvalue weighted by Gasteiger charge is -2.01. The van der Waals surface area contributed by atoms with Crippen LogP contribution in [0.5, 0.6) is 0 Å². The summed E-state index contributed by atoms with van der Waals surface area (Å²) in [5, 5.41) is 0. The first-order valence-corrected chi connectivity index (χ1v) is 3.89. The Morgan fingerprint density at radius 1 is 1.21 bits per heavy atom. The van der Waals surface area contributed by atoms with Crippen molar-refractivity contribution in [3.8, 4) is 0 Å². The predicted molar refractivity (Wildman–Crippen MR) is 44.1 cm³/mol. The maximum atomic E-state index is 12.6. The number of carbonyl (C=O) groups excluding carboxylic acids is 1. The van der Waals surface area contributed by atoms with E-state index >= 15 is 0 Å². The van der Waals surface area contributed by atoms with Crippen molar-refractivity contribution < 1.29 is 18.0 Å². The third-order valence-corrected chi connectivity index (χ3v) is 1.67. The molecule has 0 bridgehead atoms. The molecule has 76 valence electrons. The van der Waals surface area contributed by atoms with Crippen LogP contribution in [0.1, 0.15) is 5.56 Å². The van der Waals surface area contributed by atoms with Crippen molar-refractivity contribution >= 4 is 5.78 Å². The van der Waals surface area contributed by atoms with E-state index in [1.165, 1.54) is 0 Å². The van der Waals surface area contributed by atoms with Crippen LogP contribution < -0.4 is 5.73 Å². The second-order valence-corrected chi connectivity index (χ2v) is 2.79. The Morgan fingerprint density at radius 3 is 2.14 bits per heavy atom. The molecular formula is C9H8F3NO. The summed E-state index contributed by atoms with van der Waals surface area (Å²) in [6, 6.07) is 1.57. The number of Topliss-reactive ketones (excluding diaryl/α,β-unsaturated/α-hetero) is 1. The summed E-state index contributed by atoms with van der Waals surface area (Å²) in [6.45, 7) is -0.208. The third-order valence-electron chi connectivity index (χ3n) is 1.67. The molecule has 0 aliphatic carbocycles. The Kier molecular flexibility index (Phi) is 3.24. The Labute approximate surface area is 78.5 Å². The quantitative estimate of drug-likeness (QED) is 0.749. The highest BCUT2D eigenvalue weighted by atomic mass is 19.2. The summed E-state index contributed by atoms with van der Waals surface area (Å²) in [4.78, 5) is 10.8. The van der Waals surface area contributed by atoms with Gasteiger partial charge in [-0.3, -0.25) is 4.79 Å². The van der Waals surface area contributed by atoms with E-state index in [1.807, 2.05) is 0 Å². The van der Waals surface area contributed by atoms with Crippen molar-refractivity contribution in [2.75, 3.05) is 6.54 Å². The number of ketones is 1. The van der Waals surface area contributed by atoms with Gasteiger partial charge in [0.15, 0.2) is 23.2 Å². The van der Waals surface area contributed by atoms with E-state index in [0.29, 0.717) is 0 Å². The molecule has 0 saturated carbocycles. The first-order valence-electron chi connectivity index (χ1n) is 3.89. The Morgan fingerprint density at radius 2 is 1.71 bits per heavy atom. The molecule has 0 spiro atoms. The van der Waals surface area contributed by atoms with E-state index in [4.69, 9.17) is 5.73 Å². The average Bonchev–Trinajstić information content (AvgIpc) is 2.14. The van der Waals surface area contributed by atoms with Crippen molar-refractivity contribution in [2.45, 2.75) is 6.42 Å². The standard InChI is InChI=1S/C9H8F3NO/c10-7-2-5(1-6(14)4-13)3-8(11)9(7)12/h2-3H,1,4,13H2. The molecule has 0 aromatic heterocycles. The van der Waals surface area contributed by atoms with Gasteiger partial charge in [0.25, 0.3) is 0 Å². The highest BCUT2D eigenvalue weighted by molar-refractivity contribution is 5.82. The van der Waals surface area contributed by atoms with E-state index in [1.54, 1.807) is 0 Å². The first kappa shape index (κ1) is 10.7.